The third-order valence-corrected chi connectivity index (χ3v) is 4.84. The van der Waals surface area contributed by atoms with Crippen LogP contribution in [0.3, 0.4) is 0 Å². The second-order valence-electron chi connectivity index (χ2n) is 5.05. The van der Waals surface area contributed by atoms with Crippen LogP contribution in [0, 0.1) is 26.6 Å². The summed E-state index contributed by atoms with van der Waals surface area (Å²) in [7, 11) is 0. The summed E-state index contributed by atoms with van der Waals surface area (Å²) >= 11 is 6.86. The fraction of sp³-hybridized carbons (Fsp3) is 0.333. The van der Waals surface area contributed by atoms with Crippen molar-refractivity contribution < 1.29 is 17.6 Å². The molecule has 0 saturated carbocycles. The number of pyridine rings is 2. The van der Waals surface area contributed by atoms with Crippen molar-refractivity contribution in [3.63, 3.8) is 0 Å². The molecular weight excluding hydrogens is 352 g/mol. The number of halogens is 5. The summed E-state index contributed by atoms with van der Waals surface area (Å²) in [5.41, 5.74) is 0.840. The first kappa shape index (κ1) is 18.0. The third kappa shape index (κ3) is 3.77. The lowest BCUT2D eigenvalue weighted by molar-refractivity contribution is -0.141. The van der Waals surface area contributed by atoms with Crippen LogP contribution in [0.2, 0.25) is 5.02 Å². The van der Waals surface area contributed by atoms with Crippen molar-refractivity contribution in [3.05, 3.63) is 51.2 Å². The predicted molar refractivity (Wildman–Crippen MR) is 82.2 cm³/mol. The van der Waals surface area contributed by atoms with Gasteiger partial charge in [0, 0.05) is 18.1 Å². The van der Waals surface area contributed by atoms with Crippen molar-refractivity contribution in [2.24, 2.45) is 0 Å². The molecule has 2 aromatic rings. The second-order valence-corrected chi connectivity index (χ2v) is 6.40. The van der Waals surface area contributed by atoms with Crippen molar-refractivity contribution in [1.82, 2.24) is 9.97 Å². The van der Waals surface area contributed by atoms with E-state index in [0.717, 1.165) is 18.0 Å². The summed E-state index contributed by atoms with van der Waals surface area (Å²) in [5.74, 6) is -0.392. The minimum Gasteiger partial charge on any atom is -0.250 e. The first-order valence-electron chi connectivity index (χ1n) is 6.58. The van der Waals surface area contributed by atoms with Crippen LogP contribution in [-0.2, 0) is 11.9 Å². The maximum Gasteiger partial charge on any atom is 0.434 e. The Hall–Kier alpha value is -1.34. The smallest absolute Gasteiger partial charge is 0.250 e. The Bertz CT molecular complexity index is 747. The lowest BCUT2D eigenvalue weighted by Gasteiger charge is -2.14. The van der Waals surface area contributed by atoms with Crippen LogP contribution in [0.25, 0.3) is 0 Å². The fourth-order valence-corrected chi connectivity index (χ4v) is 3.38. The Kier molecular flexibility index (Phi) is 5.20. The van der Waals surface area contributed by atoms with Gasteiger partial charge in [0.25, 0.3) is 0 Å². The number of nitrogens with zero attached hydrogens (tertiary/aromatic N) is 2. The van der Waals surface area contributed by atoms with Crippen molar-refractivity contribution in [3.8, 4) is 0 Å². The zero-order valence-corrected chi connectivity index (χ0v) is 14.1. The monoisotopic (exact) mass is 364 g/mol. The number of aryl methyl sites for hydroxylation is 2. The molecule has 23 heavy (non-hydrogen) atoms. The molecule has 0 amide bonds. The first-order chi connectivity index (χ1) is 10.6. The zero-order valence-electron chi connectivity index (χ0n) is 12.6. The van der Waals surface area contributed by atoms with Gasteiger partial charge in [-0.2, -0.15) is 13.2 Å². The molecule has 8 heteroatoms. The van der Waals surface area contributed by atoms with Crippen LogP contribution >= 0.6 is 23.4 Å². The van der Waals surface area contributed by atoms with E-state index in [1.807, 2.05) is 0 Å². The molecule has 124 valence electrons. The third-order valence-electron chi connectivity index (χ3n) is 3.44. The Morgan fingerprint density at radius 3 is 2.30 bits per heavy atom. The summed E-state index contributed by atoms with van der Waals surface area (Å²) in [4.78, 5) is 7.34. The lowest BCUT2D eigenvalue weighted by atomic mass is 10.1. The molecule has 0 spiro atoms. The largest absolute Gasteiger partial charge is 0.434 e. The molecule has 0 radical (unpaired) electrons. The van der Waals surface area contributed by atoms with Crippen LogP contribution in [0.4, 0.5) is 17.6 Å². The fourth-order valence-electron chi connectivity index (χ4n) is 1.87. The first-order valence-corrected chi connectivity index (χ1v) is 7.95. The van der Waals surface area contributed by atoms with E-state index in [1.165, 1.54) is 6.20 Å². The van der Waals surface area contributed by atoms with Crippen LogP contribution < -0.4 is 0 Å². The van der Waals surface area contributed by atoms with Crippen molar-refractivity contribution in [2.45, 2.75) is 37.7 Å². The van der Waals surface area contributed by atoms with Crippen molar-refractivity contribution >= 4 is 23.4 Å². The number of hydrogen-bond donors (Lipinski definition) is 0. The van der Waals surface area contributed by atoms with Gasteiger partial charge in [0.05, 0.1) is 5.02 Å². The van der Waals surface area contributed by atoms with E-state index in [9.17, 15) is 17.6 Å². The van der Waals surface area contributed by atoms with E-state index in [0.29, 0.717) is 16.7 Å². The van der Waals surface area contributed by atoms with Gasteiger partial charge in [-0.25, -0.2) is 9.37 Å². The Morgan fingerprint density at radius 2 is 1.70 bits per heavy atom. The molecule has 0 aliphatic rings. The summed E-state index contributed by atoms with van der Waals surface area (Å²) in [5, 5.41) is -0.317. The molecule has 0 saturated heterocycles. The molecule has 0 N–H and O–H groups in total. The van der Waals surface area contributed by atoms with Crippen LogP contribution in [0.15, 0.2) is 17.4 Å². The summed E-state index contributed by atoms with van der Waals surface area (Å²) in [6.07, 6.45) is -1.98. The van der Waals surface area contributed by atoms with E-state index >= 15 is 0 Å². The molecule has 2 heterocycles. The molecule has 0 aliphatic heterocycles. The van der Waals surface area contributed by atoms with E-state index in [2.05, 4.69) is 9.97 Å². The van der Waals surface area contributed by atoms with E-state index in [-0.39, 0.29) is 16.3 Å². The van der Waals surface area contributed by atoms with Crippen molar-refractivity contribution in [2.75, 3.05) is 0 Å². The molecule has 0 bridgehead atoms. The highest BCUT2D eigenvalue weighted by Crippen LogP contribution is 2.38. The average Bonchev–Trinajstić information content (AvgIpc) is 2.45. The number of alkyl halides is 3. The highest BCUT2D eigenvalue weighted by molar-refractivity contribution is 7.98. The van der Waals surface area contributed by atoms with Gasteiger partial charge in [-0.3, -0.25) is 4.98 Å². The van der Waals surface area contributed by atoms with Gasteiger partial charge in [-0.15, -0.1) is 0 Å². The van der Waals surface area contributed by atoms with Crippen LogP contribution in [0.1, 0.15) is 27.9 Å². The van der Waals surface area contributed by atoms with Gasteiger partial charge >= 0.3 is 6.18 Å². The Balaban J connectivity index is 2.33. The highest BCUT2D eigenvalue weighted by Gasteiger charge is 2.36. The highest BCUT2D eigenvalue weighted by atomic mass is 35.5. The van der Waals surface area contributed by atoms with E-state index in [1.54, 1.807) is 20.8 Å². The van der Waals surface area contributed by atoms with Gasteiger partial charge in [0.2, 0.25) is 0 Å². The van der Waals surface area contributed by atoms with Crippen LogP contribution in [0.5, 0.6) is 0 Å². The number of rotatable bonds is 3. The number of thioether (sulfide) groups is 1. The molecule has 0 fully saturated rings. The lowest BCUT2D eigenvalue weighted by Crippen LogP contribution is -2.11. The van der Waals surface area contributed by atoms with Gasteiger partial charge in [0.1, 0.15) is 5.03 Å². The topological polar surface area (TPSA) is 25.8 Å². The summed E-state index contributed by atoms with van der Waals surface area (Å²) < 4.78 is 52.7. The normalized spacial score (nSPS) is 11.8. The van der Waals surface area contributed by atoms with E-state index in [4.69, 9.17) is 11.6 Å². The molecular formula is C15H13ClF4N2S. The van der Waals surface area contributed by atoms with Crippen LogP contribution in [-0.4, -0.2) is 9.97 Å². The summed E-state index contributed by atoms with van der Waals surface area (Å²) in [6.45, 7) is 4.97. The standard InChI is InChI=1S/C15H13ClF4N2S/c1-7-4-22-14(12(17)9(7)3)23-6-10-8(2)5-21-13(11(10)16)15(18,19)20/h4-5H,6H2,1-3H3. The molecule has 0 aromatic carbocycles. The Labute approximate surface area is 140 Å². The van der Waals surface area contributed by atoms with Gasteiger partial charge < -0.3 is 0 Å². The number of aromatic nitrogens is 2. The van der Waals surface area contributed by atoms with E-state index < -0.39 is 22.7 Å². The SMILES string of the molecule is Cc1cnc(SCc2c(C)cnc(C(F)(F)F)c2Cl)c(F)c1C. The molecule has 2 aromatic heterocycles. The molecule has 2 rings (SSSR count). The molecule has 0 unspecified atom stereocenters. The maximum atomic E-state index is 14.1. The minimum absolute atomic E-state index is 0.0721. The Morgan fingerprint density at radius 1 is 1.09 bits per heavy atom. The number of hydrogen-bond acceptors (Lipinski definition) is 3. The maximum absolute atomic E-state index is 14.1. The average molecular weight is 365 g/mol. The summed E-state index contributed by atoms with van der Waals surface area (Å²) in [6, 6.07) is 0. The van der Waals surface area contributed by atoms with Gasteiger partial charge in [0.15, 0.2) is 11.5 Å². The zero-order chi connectivity index (χ0) is 17.4. The van der Waals surface area contributed by atoms with Gasteiger partial charge in [-0.05, 0) is 43.0 Å². The second kappa shape index (κ2) is 6.65. The van der Waals surface area contributed by atoms with Crippen molar-refractivity contribution in [1.29, 1.82) is 0 Å². The van der Waals surface area contributed by atoms with Gasteiger partial charge in [-0.1, -0.05) is 23.4 Å². The quantitative estimate of drug-likeness (QED) is 0.531. The molecule has 0 aliphatic carbocycles. The minimum atomic E-state index is -4.63. The molecule has 2 nitrogen and oxygen atoms in total. The molecule has 0 atom stereocenters. The predicted octanol–water partition coefficient (Wildman–Crippen LogP) is 5.51.